The van der Waals surface area contributed by atoms with E-state index in [1.165, 1.54) is 14.2 Å². The van der Waals surface area contributed by atoms with Gasteiger partial charge in [0.1, 0.15) is 24.1 Å². The summed E-state index contributed by atoms with van der Waals surface area (Å²) in [6, 6.07) is 3.41. The van der Waals surface area contributed by atoms with Crippen LogP contribution in [0.5, 0.6) is 11.5 Å². The number of rotatable bonds is 11. The zero-order valence-corrected chi connectivity index (χ0v) is 16.8. The molecule has 0 aliphatic heterocycles. The van der Waals surface area contributed by atoms with Gasteiger partial charge in [0.25, 0.3) is 0 Å². The van der Waals surface area contributed by atoms with E-state index in [4.69, 9.17) is 14.2 Å². The average molecular weight is 395 g/mol. The number of hydrogen-bond donors (Lipinski definition) is 1. The number of Topliss-reactive ketones (excluding diaryl/α,β-unsaturated/α-hetero) is 1. The number of alkyl carbamates (subject to hydrolysis) is 1. The van der Waals surface area contributed by atoms with Gasteiger partial charge in [-0.15, -0.1) is 0 Å². The summed E-state index contributed by atoms with van der Waals surface area (Å²) in [6.45, 7) is -0.178. The van der Waals surface area contributed by atoms with Crippen LogP contribution in [0.25, 0.3) is 0 Å². The Morgan fingerprint density at radius 2 is 1.55 bits per heavy atom. The van der Waals surface area contributed by atoms with Crippen molar-refractivity contribution in [3.63, 3.8) is 0 Å². The molecule has 0 aromatic heterocycles. The summed E-state index contributed by atoms with van der Waals surface area (Å²) in [5.74, 6) is -3.62. The van der Waals surface area contributed by atoms with Gasteiger partial charge in [-0.1, -0.05) is 0 Å². The van der Waals surface area contributed by atoms with Crippen LogP contribution in [0.3, 0.4) is 0 Å². The first kappa shape index (κ1) is 29.1. The van der Waals surface area contributed by atoms with Crippen molar-refractivity contribution in [1.82, 2.24) is 5.32 Å². The van der Waals surface area contributed by atoms with Crippen LogP contribution in [0, 0.1) is 0 Å². The van der Waals surface area contributed by atoms with Crippen LogP contribution >= 0.6 is 0 Å². The SMILES string of the molecule is COc1cc(COC(=O)N[C@@H](CCCC(=O)C(=O)[O-])C(=O)[O-])cc(OC)c1.[Li+].[Li+]. The van der Waals surface area contributed by atoms with Gasteiger partial charge < -0.3 is 39.3 Å². The van der Waals surface area contributed by atoms with E-state index in [0.29, 0.717) is 17.1 Å². The minimum atomic E-state index is -1.85. The molecule has 0 saturated carbocycles. The Morgan fingerprint density at radius 3 is 2.00 bits per heavy atom. The summed E-state index contributed by atoms with van der Waals surface area (Å²) in [5.41, 5.74) is 0.547. The molecule has 0 heterocycles. The van der Waals surface area contributed by atoms with Gasteiger partial charge in [0.2, 0.25) is 0 Å². The number of carbonyl (C=O) groups excluding carboxylic acids is 4. The molecule has 148 valence electrons. The van der Waals surface area contributed by atoms with Crippen LogP contribution in [-0.4, -0.2) is 44.1 Å². The molecule has 1 aromatic rings. The van der Waals surface area contributed by atoms with Crippen molar-refractivity contribution in [3.8, 4) is 11.5 Å². The Labute approximate surface area is 191 Å². The third-order valence-electron chi connectivity index (χ3n) is 3.48. The monoisotopic (exact) mass is 395 g/mol. The molecule has 1 atom stereocenters. The fraction of sp³-hybridized carbons (Fsp3) is 0.412. The number of methoxy groups -OCH3 is 2. The average Bonchev–Trinajstić information content (AvgIpc) is 2.64. The van der Waals surface area contributed by atoms with E-state index in [1.807, 2.05) is 0 Å². The van der Waals surface area contributed by atoms with E-state index < -0.39 is 36.3 Å². The van der Waals surface area contributed by atoms with E-state index >= 15 is 0 Å². The number of carbonyl (C=O) groups is 4. The second kappa shape index (κ2) is 14.8. The van der Waals surface area contributed by atoms with Crippen molar-refractivity contribution >= 4 is 23.8 Å². The van der Waals surface area contributed by atoms with E-state index in [0.717, 1.165) is 0 Å². The standard InChI is InChI=1S/C17H21NO9.2Li/c1-25-11-6-10(7-12(8-11)26-2)9-27-17(24)18-13(15(20)21)4-3-5-14(19)16(22)23;;/h6-8,13H,3-5,9H2,1-2H3,(H,18,24)(H,20,21)(H,22,23);;/q;2*+1/p-2/t13-;;/m0../s1. The summed E-state index contributed by atoms with van der Waals surface area (Å²) >= 11 is 0. The topological polar surface area (TPSA) is 154 Å². The molecule has 29 heavy (non-hydrogen) atoms. The molecule has 0 radical (unpaired) electrons. The van der Waals surface area contributed by atoms with Crippen molar-refractivity contribution in [1.29, 1.82) is 0 Å². The predicted octanol–water partition coefficient (Wildman–Crippen LogP) is -7.45. The zero-order chi connectivity index (χ0) is 20.4. The van der Waals surface area contributed by atoms with Gasteiger partial charge in [0.15, 0.2) is 5.78 Å². The summed E-state index contributed by atoms with van der Waals surface area (Å²) in [6.07, 6.45) is -1.72. The number of nitrogens with one attached hydrogen (secondary N) is 1. The van der Waals surface area contributed by atoms with Crippen molar-refractivity contribution < 1.29 is 81.3 Å². The summed E-state index contributed by atoms with van der Waals surface area (Å²) in [4.78, 5) is 44.1. The van der Waals surface area contributed by atoms with E-state index in [9.17, 15) is 29.4 Å². The quantitative estimate of drug-likeness (QED) is 0.284. The molecule has 0 aliphatic carbocycles. The maximum atomic E-state index is 11.8. The molecule has 0 saturated heterocycles. The molecular weight excluding hydrogens is 376 g/mol. The van der Waals surface area contributed by atoms with Crippen LogP contribution in [0.2, 0.25) is 0 Å². The van der Waals surface area contributed by atoms with Crippen LogP contribution in [-0.2, 0) is 25.7 Å². The maximum Gasteiger partial charge on any atom is 1.00 e. The molecule has 1 N–H and O–H groups in total. The molecule has 1 aromatic carbocycles. The first-order valence-electron chi connectivity index (χ1n) is 7.87. The Kier molecular flexibility index (Phi) is 14.9. The fourth-order valence-corrected chi connectivity index (χ4v) is 2.10. The molecule has 0 bridgehead atoms. The molecule has 0 spiro atoms. The van der Waals surface area contributed by atoms with Crippen LogP contribution in [0.15, 0.2) is 18.2 Å². The summed E-state index contributed by atoms with van der Waals surface area (Å²) < 4.78 is 15.1. The van der Waals surface area contributed by atoms with Crippen LogP contribution < -0.4 is 62.7 Å². The molecule has 0 fully saturated rings. The summed E-state index contributed by atoms with van der Waals surface area (Å²) in [7, 11) is 2.92. The Bertz CT molecular complexity index is 690. The number of ketones is 1. The maximum absolute atomic E-state index is 11.8. The Balaban J connectivity index is 0. The minimum absolute atomic E-state index is 0. The van der Waals surface area contributed by atoms with Crippen molar-refractivity contribution in [2.75, 3.05) is 14.2 Å². The minimum Gasteiger partial charge on any atom is -0.548 e. The van der Waals surface area contributed by atoms with Crippen molar-refractivity contribution in [3.05, 3.63) is 23.8 Å². The Hall–Kier alpha value is -2.11. The van der Waals surface area contributed by atoms with E-state index in [1.54, 1.807) is 18.2 Å². The molecule has 1 rings (SSSR count). The van der Waals surface area contributed by atoms with E-state index in [2.05, 4.69) is 5.32 Å². The molecule has 1 amide bonds. The van der Waals surface area contributed by atoms with Crippen LogP contribution in [0.4, 0.5) is 4.79 Å². The third kappa shape index (κ3) is 10.9. The largest absolute Gasteiger partial charge is 1.00 e. The van der Waals surface area contributed by atoms with E-state index in [-0.39, 0.29) is 57.2 Å². The predicted molar refractivity (Wildman–Crippen MR) is 85.5 cm³/mol. The van der Waals surface area contributed by atoms with Gasteiger partial charge in [-0.05, 0) is 30.5 Å². The van der Waals surface area contributed by atoms with Gasteiger partial charge in [-0.2, -0.15) is 0 Å². The number of carboxylic acids is 2. The normalized spacial score (nSPS) is 10.4. The van der Waals surface area contributed by atoms with Gasteiger partial charge >= 0.3 is 43.8 Å². The zero-order valence-electron chi connectivity index (χ0n) is 16.8. The molecule has 0 unspecified atom stereocenters. The third-order valence-corrected chi connectivity index (χ3v) is 3.48. The number of aliphatic carboxylic acids is 2. The van der Waals surface area contributed by atoms with Crippen molar-refractivity contribution in [2.24, 2.45) is 0 Å². The molecule has 10 nitrogen and oxygen atoms in total. The van der Waals surface area contributed by atoms with Gasteiger partial charge in [0, 0.05) is 12.5 Å². The molecule has 12 heteroatoms. The number of carboxylic acid groups (broad SMARTS) is 2. The Morgan fingerprint density at radius 1 is 1.00 bits per heavy atom. The summed E-state index contributed by atoms with van der Waals surface area (Å²) in [5, 5.41) is 23.4. The first-order valence-corrected chi connectivity index (χ1v) is 7.87. The smallest absolute Gasteiger partial charge is 0.548 e. The number of benzene rings is 1. The second-order valence-electron chi connectivity index (χ2n) is 5.42. The van der Waals surface area contributed by atoms with Gasteiger partial charge in [0.05, 0.1) is 26.2 Å². The first-order chi connectivity index (χ1) is 12.8. The number of hydrogen-bond acceptors (Lipinski definition) is 9. The number of amides is 1. The number of ether oxygens (including phenoxy) is 3. The molecular formula is C17H19Li2NO9. The van der Waals surface area contributed by atoms with Crippen LogP contribution in [0.1, 0.15) is 24.8 Å². The van der Waals surface area contributed by atoms with Gasteiger partial charge in [-0.25, -0.2) is 4.79 Å². The second-order valence-corrected chi connectivity index (χ2v) is 5.42. The molecule has 0 aliphatic rings. The fourth-order valence-electron chi connectivity index (χ4n) is 2.10. The van der Waals surface area contributed by atoms with Crippen molar-refractivity contribution in [2.45, 2.75) is 31.9 Å². The van der Waals surface area contributed by atoms with Gasteiger partial charge in [-0.3, -0.25) is 4.79 Å².